The molecular weight excluding hydrogens is 174 g/mol. The minimum Gasteiger partial charge on any atom is -0.319 e. The SMILES string of the molecule is NC1(c2nn[nH]n2)CCSCC1. The Morgan fingerprint density at radius 2 is 2.17 bits per heavy atom. The topological polar surface area (TPSA) is 80.5 Å². The number of tetrazole rings is 1. The number of H-pyrrole nitrogens is 1. The van der Waals surface area contributed by atoms with Crippen LogP contribution in [0.1, 0.15) is 18.7 Å². The molecule has 1 aromatic rings. The van der Waals surface area contributed by atoms with Gasteiger partial charge >= 0.3 is 0 Å². The molecule has 66 valence electrons. The smallest absolute Gasteiger partial charge is 0.194 e. The van der Waals surface area contributed by atoms with Crippen molar-refractivity contribution in [2.45, 2.75) is 18.4 Å². The van der Waals surface area contributed by atoms with Crippen LogP contribution in [-0.2, 0) is 5.54 Å². The van der Waals surface area contributed by atoms with Gasteiger partial charge < -0.3 is 5.73 Å². The summed E-state index contributed by atoms with van der Waals surface area (Å²) in [5.74, 6) is 2.83. The van der Waals surface area contributed by atoms with E-state index in [-0.39, 0.29) is 5.54 Å². The van der Waals surface area contributed by atoms with E-state index in [1.54, 1.807) is 0 Å². The van der Waals surface area contributed by atoms with Crippen LogP contribution >= 0.6 is 11.8 Å². The molecule has 0 aliphatic carbocycles. The van der Waals surface area contributed by atoms with Crippen LogP contribution in [0.5, 0.6) is 0 Å². The van der Waals surface area contributed by atoms with Crippen LogP contribution in [0.4, 0.5) is 0 Å². The van der Waals surface area contributed by atoms with E-state index in [4.69, 9.17) is 5.73 Å². The highest BCUT2D eigenvalue weighted by atomic mass is 32.2. The summed E-state index contributed by atoms with van der Waals surface area (Å²) in [5.41, 5.74) is 5.79. The first-order valence-electron chi connectivity index (χ1n) is 3.92. The maximum atomic E-state index is 6.13. The molecule has 1 aliphatic rings. The fourth-order valence-corrected chi connectivity index (χ4v) is 2.55. The Morgan fingerprint density at radius 1 is 1.42 bits per heavy atom. The standard InChI is InChI=1S/C6H11N5S/c7-6(1-3-12-4-2-6)5-8-10-11-9-5/h1-4,7H2,(H,8,9,10,11). The van der Waals surface area contributed by atoms with Gasteiger partial charge in [-0.25, -0.2) is 0 Å². The Kier molecular flexibility index (Phi) is 2.02. The first kappa shape index (κ1) is 8.00. The maximum Gasteiger partial charge on any atom is 0.194 e. The molecule has 1 aromatic heterocycles. The van der Waals surface area contributed by atoms with Gasteiger partial charge in [-0.2, -0.15) is 17.0 Å². The molecule has 2 rings (SSSR count). The molecule has 0 saturated carbocycles. The van der Waals surface area contributed by atoms with Gasteiger partial charge in [0, 0.05) is 0 Å². The molecule has 3 N–H and O–H groups in total. The third-order valence-corrected chi connectivity index (χ3v) is 3.16. The molecule has 2 heterocycles. The lowest BCUT2D eigenvalue weighted by molar-refractivity contribution is 0.386. The highest BCUT2D eigenvalue weighted by Gasteiger charge is 2.33. The Hall–Kier alpha value is -0.620. The second-order valence-corrected chi connectivity index (χ2v) is 4.23. The molecule has 0 aromatic carbocycles. The predicted octanol–water partition coefficient (Wildman–Crippen LogP) is -0.119. The summed E-state index contributed by atoms with van der Waals surface area (Å²) >= 11 is 1.93. The van der Waals surface area contributed by atoms with Crippen LogP contribution in [0.15, 0.2) is 0 Å². The quantitative estimate of drug-likeness (QED) is 0.637. The number of nitrogens with one attached hydrogen (secondary N) is 1. The van der Waals surface area contributed by atoms with Crippen LogP contribution in [0.2, 0.25) is 0 Å². The number of hydrogen-bond acceptors (Lipinski definition) is 5. The van der Waals surface area contributed by atoms with E-state index >= 15 is 0 Å². The molecule has 12 heavy (non-hydrogen) atoms. The minimum absolute atomic E-state index is 0.335. The van der Waals surface area contributed by atoms with E-state index in [9.17, 15) is 0 Å². The first-order chi connectivity index (χ1) is 5.81. The van der Waals surface area contributed by atoms with Crippen LogP contribution in [0.3, 0.4) is 0 Å². The highest BCUT2D eigenvalue weighted by Crippen LogP contribution is 2.30. The summed E-state index contributed by atoms with van der Waals surface area (Å²) in [6, 6.07) is 0. The van der Waals surface area contributed by atoms with Gasteiger partial charge in [0.05, 0.1) is 5.54 Å². The van der Waals surface area contributed by atoms with Gasteiger partial charge in [0.15, 0.2) is 5.82 Å². The Morgan fingerprint density at radius 3 is 2.75 bits per heavy atom. The Bertz CT molecular complexity index is 240. The molecule has 0 amide bonds. The van der Waals surface area contributed by atoms with Crippen molar-refractivity contribution in [1.29, 1.82) is 0 Å². The number of rotatable bonds is 1. The fourth-order valence-electron chi connectivity index (χ4n) is 1.33. The summed E-state index contributed by atoms with van der Waals surface area (Å²) in [7, 11) is 0. The summed E-state index contributed by atoms with van der Waals surface area (Å²) < 4.78 is 0. The molecule has 1 fully saturated rings. The molecule has 0 atom stereocenters. The zero-order chi connectivity index (χ0) is 8.44. The molecular formula is C6H11N5S. The number of thioether (sulfide) groups is 1. The van der Waals surface area contributed by atoms with Crippen molar-refractivity contribution in [3.05, 3.63) is 5.82 Å². The van der Waals surface area contributed by atoms with Gasteiger partial charge in [-0.05, 0) is 24.3 Å². The van der Waals surface area contributed by atoms with Gasteiger partial charge in [-0.1, -0.05) is 5.21 Å². The lowest BCUT2D eigenvalue weighted by Crippen LogP contribution is -2.41. The van der Waals surface area contributed by atoms with Gasteiger partial charge in [0.2, 0.25) is 0 Å². The van der Waals surface area contributed by atoms with Crippen molar-refractivity contribution in [3.8, 4) is 0 Å². The molecule has 6 heteroatoms. The summed E-state index contributed by atoms with van der Waals surface area (Å²) in [6.45, 7) is 0. The molecule has 0 unspecified atom stereocenters. The predicted molar refractivity (Wildman–Crippen MR) is 46.6 cm³/mol. The number of nitrogens with two attached hydrogens (primary N) is 1. The lowest BCUT2D eigenvalue weighted by Gasteiger charge is -2.29. The van der Waals surface area contributed by atoms with Crippen molar-refractivity contribution in [2.24, 2.45) is 5.73 Å². The average Bonchev–Trinajstić information content (AvgIpc) is 2.58. The van der Waals surface area contributed by atoms with E-state index in [1.807, 2.05) is 11.8 Å². The lowest BCUT2D eigenvalue weighted by atomic mass is 9.93. The van der Waals surface area contributed by atoms with Gasteiger partial charge in [-0.15, -0.1) is 10.2 Å². The second kappa shape index (κ2) is 3.02. The fraction of sp³-hybridized carbons (Fsp3) is 0.833. The average molecular weight is 185 g/mol. The monoisotopic (exact) mass is 185 g/mol. The van der Waals surface area contributed by atoms with Crippen molar-refractivity contribution < 1.29 is 0 Å². The van der Waals surface area contributed by atoms with Crippen molar-refractivity contribution in [1.82, 2.24) is 20.6 Å². The molecule has 1 saturated heterocycles. The number of aromatic amines is 1. The van der Waals surface area contributed by atoms with Crippen molar-refractivity contribution in [2.75, 3.05) is 11.5 Å². The molecule has 0 spiro atoms. The first-order valence-corrected chi connectivity index (χ1v) is 5.07. The Labute approximate surface area is 74.5 Å². The third kappa shape index (κ3) is 1.32. The Balaban J connectivity index is 2.19. The van der Waals surface area contributed by atoms with Crippen LogP contribution < -0.4 is 5.73 Å². The van der Waals surface area contributed by atoms with E-state index in [0.717, 1.165) is 24.3 Å². The van der Waals surface area contributed by atoms with E-state index in [0.29, 0.717) is 5.82 Å². The maximum absolute atomic E-state index is 6.13. The third-order valence-electron chi connectivity index (χ3n) is 2.18. The largest absolute Gasteiger partial charge is 0.319 e. The zero-order valence-corrected chi connectivity index (χ0v) is 7.47. The highest BCUT2D eigenvalue weighted by molar-refractivity contribution is 7.99. The summed E-state index contributed by atoms with van der Waals surface area (Å²) in [5, 5.41) is 13.8. The minimum atomic E-state index is -0.335. The van der Waals surface area contributed by atoms with E-state index in [2.05, 4.69) is 20.6 Å². The normalized spacial score (nSPS) is 22.4. The van der Waals surface area contributed by atoms with Gasteiger partial charge in [-0.3, -0.25) is 0 Å². The molecule has 0 radical (unpaired) electrons. The van der Waals surface area contributed by atoms with Crippen LogP contribution in [0.25, 0.3) is 0 Å². The van der Waals surface area contributed by atoms with Crippen molar-refractivity contribution in [3.63, 3.8) is 0 Å². The summed E-state index contributed by atoms with van der Waals surface area (Å²) in [4.78, 5) is 0. The zero-order valence-electron chi connectivity index (χ0n) is 6.66. The number of hydrogen-bond donors (Lipinski definition) is 2. The molecule has 0 bridgehead atoms. The second-order valence-electron chi connectivity index (χ2n) is 3.00. The number of nitrogens with zero attached hydrogens (tertiary/aromatic N) is 3. The van der Waals surface area contributed by atoms with Gasteiger partial charge in [0.1, 0.15) is 0 Å². The van der Waals surface area contributed by atoms with Gasteiger partial charge in [0.25, 0.3) is 0 Å². The van der Waals surface area contributed by atoms with Crippen molar-refractivity contribution >= 4 is 11.8 Å². The van der Waals surface area contributed by atoms with E-state index in [1.165, 1.54) is 0 Å². The number of aromatic nitrogens is 4. The van der Waals surface area contributed by atoms with Crippen LogP contribution in [-0.4, -0.2) is 32.1 Å². The molecule has 5 nitrogen and oxygen atoms in total. The van der Waals surface area contributed by atoms with E-state index < -0.39 is 0 Å². The van der Waals surface area contributed by atoms with Crippen LogP contribution in [0, 0.1) is 0 Å². The summed E-state index contributed by atoms with van der Waals surface area (Å²) in [6.07, 6.45) is 1.88. The molecule has 1 aliphatic heterocycles.